The van der Waals surface area contributed by atoms with Crippen LogP contribution in [0.15, 0.2) is 18.2 Å². The van der Waals surface area contributed by atoms with E-state index >= 15 is 0 Å². The van der Waals surface area contributed by atoms with Gasteiger partial charge in [0.1, 0.15) is 0 Å². The predicted octanol–water partition coefficient (Wildman–Crippen LogP) is 3.67. The van der Waals surface area contributed by atoms with E-state index in [0.29, 0.717) is 11.3 Å². The molecule has 90 valence electrons. The average Bonchev–Trinajstić information content (AvgIpc) is 2.18. The van der Waals surface area contributed by atoms with E-state index in [1.54, 1.807) is 0 Å². The van der Waals surface area contributed by atoms with Crippen molar-refractivity contribution < 1.29 is 0 Å². The van der Waals surface area contributed by atoms with Crippen LogP contribution in [-0.2, 0) is 0 Å². The predicted molar refractivity (Wildman–Crippen MR) is 72.7 cm³/mol. The smallest absolute Gasteiger partial charge is 0.0579 e. The molecular formula is C14H24N2. The van der Waals surface area contributed by atoms with Crippen molar-refractivity contribution in [3.05, 3.63) is 23.8 Å². The Morgan fingerprint density at radius 2 is 1.94 bits per heavy atom. The number of hydrogen-bond acceptors (Lipinski definition) is 2. The Morgan fingerprint density at radius 1 is 1.31 bits per heavy atom. The fourth-order valence-electron chi connectivity index (χ4n) is 1.40. The van der Waals surface area contributed by atoms with Gasteiger partial charge in [0.05, 0.1) is 11.4 Å². The largest absolute Gasteiger partial charge is 0.397 e. The van der Waals surface area contributed by atoms with Crippen molar-refractivity contribution in [1.82, 2.24) is 0 Å². The van der Waals surface area contributed by atoms with E-state index < -0.39 is 0 Å². The number of nitrogen functional groups attached to an aromatic ring is 1. The van der Waals surface area contributed by atoms with Crippen LogP contribution < -0.4 is 11.1 Å². The number of nitrogens with one attached hydrogen (secondary N) is 1. The van der Waals surface area contributed by atoms with E-state index in [-0.39, 0.29) is 0 Å². The number of para-hydroxylation sites is 1. The summed E-state index contributed by atoms with van der Waals surface area (Å²) in [5.74, 6) is 0.604. The first-order valence-corrected chi connectivity index (χ1v) is 5.91. The van der Waals surface area contributed by atoms with Crippen LogP contribution in [0.3, 0.4) is 0 Å². The number of nitrogens with two attached hydrogens (primary N) is 1. The number of benzene rings is 1. The number of rotatable bonds is 3. The Bertz CT molecular complexity index is 350. The maximum atomic E-state index is 6.02. The minimum atomic E-state index is 0.325. The van der Waals surface area contributed by atoms with E-state index in [1.807, 2.05) is 25.1 Å². The van der Waals surface area contributed by atoms with Gasteiger partial charge in [0.2, 0.25) is 0 Å². The summed E-state index contributed by atoms with van der Waals surface area (Å²) in [4.78, 5) is 0. The minimum absolute atomic E-state index is 0.325. The van der Waals surface area contributed by atoms with E-state index in [9.17, 15) is 0 Å². The topological polar surface area (TPSA) is 38.0 Å². The summed E-state index contributed by atoms with van der Waals surface area (Å²) in [5, 5.41) is 3.44. The van der Waals surface area contributed by atoms with Gasteiger partial charge in [-0.3, -0.25) is 0 Å². The van der Waals surface area contributed by atoms with Crippen LogP contribution in [0.25, 0.3) is 0 Å². The lowest BCUT2D eigenvalue weighted by Gasteiger charge is -2.28. The quantitative estimate of drug-likeness (QED) is 0.763. The molecule has 0 aliphatic carbocycles. The third-order valence-electron chi connectivity index (χ3n) is 3.40. The van der Waals surface area contributed by atoms with Crippen molar-refractivity contribution in [3.63, 3.8) is 0 Å². The zero-order valence-corrected chi connectivity index (χ0v) is 11.1. The van der Waals surface area contributed by atoms with Crippen molar-refractivity contribution in [2.75, 3.05) is 17.6 Å². The molecule has 16 heavy (non-hydrogen) atoms. The van der Waals surface area contributed by atoms with Crippen LogP contribution in [0, 0.1) is 18.3 Å². The summed E-state index contributed by atoms with van der Waals surface area (Å²) in [5.41, 5.74) is 9.39. The highest BCUT2D eigenvalue weighted by Crippen LogP contribution is 2.27. The molecule has 0 saturated carbocycles. The second-order valence-corrected chi connectivity index (χ2v) is 5.68. The number of hydrogen-bond donors (Lipinski definition) is 2. The van der Waals surface area contributed by atoms with Crippen LogP contribution in [0.4, 0.5) is 11.4 Å². The zero-order chi connectivity index (χ0) is 12.3. The van der Waals surface area contributed by atoms with Crippen LogP contribution in [-0.4, -0.2) is 6.54 Å². The van der Waals surface area contributed by atoms with Crippen molar-refractivity contribution in [3.8, 4) is 0 Å². The van der Waals surface area contributed by atoms with Gasteiger partial charge in [0, 0.05) is 6.54 Å². The lowest BCUT2D eigenvalue weighted by Crippen LogP contribution is -2.25. The molecule has 1 aromatic rings. The molecule has 0 aromatic heterocycles. The van der Waals surface area contributed by atoms with Crippen molar-refractivity contribution >= 4 is 11.4 Å². The number of anilines is 2. The molecule has 2 heteroatoms. The molecule has 0 radical (unpaired) electrons. The Labute approximate surface area is 99.2 Å². The van der Waals surface area contributed by atoms with Crippen LogP contribution >= 0.6 is 0 Å². The number of aryl methyl sites for hydroxylation is 1. The van der Waals surface area contributed by atoms with Crippen molar-refractivity contribution in [2.45, 2.75) is 34.6 Å². The minimum Gasteiger partial charge on any atom is -0.397 e. The van der Waals surface area contributed by atoms with Crippen LogP contribution in [0.2, 0.25) is 0 Å². The highest BCUT2D eigenvalue weighted by atomic mass is 14.9. The van der Waals surface area contributed by atoms with Gasteiger partial charge < -0.3 is 11.1 Å². The standard InChI is InChI=1S/C14H24N2/c1-10-7-6-8-12(13(10)15)16-9-11(2)14(3,4)5/h6-8,11,16H,9,15H2,1-5H3. The van der Waals surface area contributed by atoms with Gasteiger partial charge in [0.25, 0.3) is 0 Å². The van der Waals surface area contributed by atoms with E-state index in [0.717, 1.165) is 23.5 Å². The molecule has 1 aromatic carbocycles. The molecule has 2 nitrogen and oxygen atoms in total. The molecule has 1 rings (SSSR count). The first kappa shape index (κ1) is 12.9. The van der Waals surface area contributed by atoms with Crippen LogP contribution in [0.5, 0.6) is 0 Å². The summed E-state index contributed by atoms with van der Waals surface area (Å²) >= 11 is 0. The van der Waals surface area contributed by atoms with E-state index in [2.05, 4.69) is 33.0 Å². The Kier molecular flexibility index (Phi) is 3.84. The monoisotopic (exact) mass is 220 g/mol. The molecule has 0 spiro atoms. The van der Waals surface area contributed by atoms with Gasteiger partial charge in [-0.05, 0) is 29.9 Å². The molecule has 0 saturated heterocycles. The van der Waals surface area contributed by atoms with Gasteiger partial charge in [-0.1, -0.05) is 39.8 Å². The summed E-state index contributed by atoms with van der Waals surface area (Å²) in [6, 6.07) is 6.11. The normalized spacial score (nSPS) is 13.6. The fraction of sp³-hybridized carbons (Fsp3) is 0.571. The molecule has 0 amide bonds. The second-order valence-electron chi connectivity index (χ2n) is 5.68. The molecule has 0 heterocycles. The average molecular weight is 220 g/mol. The van der Waals surface area contributed by atoms with E-state index in [4.69, 9.17) is 5.73 Å². The Morgan fingerprint density at radius 3 is 2.50 bits per heavy atom. The molecule has 0 aliphatic heterocycles. The van der Waals surface area contributed by atoms with E-state index in [1.165, 1.54) is 0 Å². The van der Waals surface area contributed by atoms with Gasteiger partial charge in [-0.2, -0.15) is 0 Å². The van der Waals surface area contributed by atoms with Gasteiger partial charge in [-0.25, -0.2) is 0 Å². The maximum absolute atomic E-state index is 6.02. The highest BCUT2D eigenvalue weighted by Gasteiger charge is 2.19. The third-order valence-corrected chi connectivity index (χ3v) is 3.40. The molecule has 0 fully saturated rings. The molecular weight excluding hydrogens is 196 g/mol. The third kappa shape index (κ3) is 3.16. The van der Waals surface area contributed by atoms with Gasteiger partial charge in [-0.15, -0.1) is 0 Å². The van der Waals surface area contributed by atoms with Crippen molar-refractivity contribution in [1.29, 1.82) is 0 Å². The molecule has 0 bridgehead atoms. The molecule has 1 atom stereocenters. The molecule has 1 unspecified atom stereocenters. The maximum Gasteiger partial charge on any atom is 0.0579 e. The summed E-state index contributed by atoms with van der Waals surface area (Å²) < 4.78 is 0. The van der Waals surface area contributed by atoms with Gasteiger partial charge >= 0.3 is 0 Å². The zero-order valence-electron chi connectivity index (χ0n) is 11.1. The first-order valence-electron chi connectivity index (χ1n) is 5.91. The van der Waals surface area contributed by atoms with Gasteiger partial charge in [0.15, 0.2) is 0 Å². The lowest BCUT2D eigenvalue weighted by molar-refractivity contribution is 0.274. The summed E-state index contributed by atoms with van der Waals surface area (Å²) in [7, 11) is 0. The Hall–Kier alpha value is -1.18. The SMILES string of the molecule is Cc1cccc(NCC(C)C(C)(C)C)c1N. The summed E-state index contributed by atoms with van der Waals surface area (Å²) in [6.45, 7) is 12.0. The second kappa shape index (κ2) is 4.77. The Balaban J connectivity index is 2.65. The molecule has 3 N–H and O–H groups in total. The summed E-state index contributed by atoms with van der Waals surface area (Å²) in [6.07, 6.45) is 0. The lowest BCUT2D eigenvalue weighted by atomic mass is 9.82. The van der Waals surface area contributed by atoms with Crippen LogP contribution in [0.1, 0.15) is 33.3 Å². The first-order chi connectivity index (χ1) is 7.32. The molecule has 0 aliphatic rings. The fourth-order valence-corrected chi connectivity index (χ4v) is 1.40. The van der Waals surface area contributed by atoms with Crippen molar-refractivity contribution in [2.24, 2.45) is 11.3 Å². The highest BCUT2D eigenvalue weighted by molar-refractivity contribution is 5.69.